The molecule has 0 fully saturated rings. The molecule has 6 heteroatoms. The van der Waals surface area contributed by atoms with Gasteiger partial charge in [0.25, 0.3) is 11.5 Å². The molecule has 0 aliphatic rings. The highest BCUT2D eigenvalue weighted by atomic mass is 16.5. The standard InChI is InChI=1S/C21H21N3O3/c1-13-11-22-18(14(2)19(13)27-3)12-23-20(25)16-9-10-17(24-21(16)26)15-7-5-4-6-8-15/h4-11H,12H2,1-3H3,(H,23,25)(H,24,26). The first kappa shape index (κ1) is 18.4. The van der Waals surface area contributed by atoms with Gasteiger partial charge < -0.3 is 15.0 Å². The average molecular weight is 363 g/mol. The molecular formula is C21H21N3O3. The van der Waals surface area contributed by atoms with Crippen molar-refractivity contribution in [2.24, 2.45) is 0 Å². The van der Waals surface area contributed by atoms with Crippen LogP contribution in [-0.4, -0.2) is 23.0 Å². The Hall–Kier alpha value is -3.41. The Kier molecular flexibility index (Phi) is 5.35. The van der Waals surface area contributed by atoms with E-state index in [0.717, 1.165) is 22.4 Å². The topological polar surface area (TPSA) is 84.1 Å². The van der Waals surface area contributed by atoms with E-state index in [4.69, 9.17) is 4.74 Å². The minimum Gasteiger partial charge on any atom is -0.496 e. The van der Waals surface area contributed by atoms with E-state index in [2.05, 4.69) is 15.3 Å². The molecule has 1 aromatic carbocycles. The van der Waals surface area contributed by atoms with Crippen molar-refractivity contribution in [3.8, 4) is 17.0 Å². The number of hydrogen-bond acceptors (Lipinski definition) is 4. The van der Waals surface area contributed by atoms with Crippen LogP contribution in [0.3, 0.4) is 0 Å². The molecule has 2 heterocycles. The number of aromatic nitrogens is 2. The average Bonchev–Trinajstić information content (AvgIpc) is 2.68. The third-order valence-electron chi connectivity index (χ3n) is 4.41. The Morgan fingerprint density at radius 2 is 1.89 bits per heavy atom. The molecule has 0 unspecified atom stereocenters. The van der Waals surface area contributed by atoms with Crippen molar-refractivity contribution in [2.45, 2.75) is 20.4 Å². The van der Waals surface area contributed by atoms with Gasteiger partial charge >= 0.3 is 0 Å². The summed E-state index contributed by atoms with van der Waals surface area (Å²) in [5.74, 6) is 0.302. The summed E-state index contributed by atoms with van der Waals surface area (Å²) in [5.41, 5.74) is 3.67. The Morgan fingerprint density at radius 1 is 1.15 bits per heavy atom. The maximum Gasteiger partial charge on any atom is 0.261 e. The van der Waals surface area contributed by atoms with Crippen LogP contribution in [0.25, 0.3) is 11.3 Å². The zero-order chi connectivity index (χ0) is 19.4. The summed E-state index contributed by atoms with van der Waals surface area (Å²) in [7, 11) is 1.60. The zero-order valence-electron chi connectivity index (χ0n) is 15.5. The van der Waals surface area contributed by atoms with Crippen LogP contribution in [0.4, 0.5) is 0 Å². The van der Waals surface area contributed by atoms with Gasteiger partial charge in [-0.05, 0) is 31.5 Å². The van der Waals surface area contributed by atoms with Gasteiger partial charge in [0.15, 0.2) is 0 Å². The van der Waals surface area contributed by atoms with Crippen molar-refractivity contribution in [1.82, 2.24) is 15.3 Å². The smallest absolute Gasteiger partial charge is 0.261 e. The second-order valence-corrected chi connectivity index (χ2v) is 6.21. The molecule has 2 N–H and O–H groups in total. The van der Waals surface area contributed by atoms with Crippen LogP contribution in [0.1, 0.15) is 27.2 Å². The number of carbonyl (C=O) groups is 1. The van der Waals surface area contributed by atoms with Crippen molar-refractivity contribution in [2.75, 3.05) is 7.11 Å². The van der Waals surface area contributed by atoms with Gasteiger partial charge in [-0.1, -0.05) is 30.3 Å². The Morgan fingerprint density at radius 3 is 2.56 bits per heavy atom. The molecule has 0 spiro atoms. The fourth-order valence-corrected chi connectivity index (χ4v) is 2.95. The lowest BCUT2D eigenvalue weighted by Crippen LogP contribution is -2.29. The quantitative estimate of drug-likeness (QED) is 0.730. The van der Waals surface area contributed by atoms with E-state index in [1.54, 1.807) is 19.4 Å². The Labute approximate surface area is 157 Å². The zero-order valence-corrected chi connectivity index (χ0v) is 15.5. The maximum absolute atomic E-state index is 12.4. The lowest BCUT2D eigenvalue weighted by molar-refractivity contribution is 0.0949. The molecule has 1 amide bonds. The molecule has 27 heavy (non-hydrogen) atoms. The summed E-state index contributed by atoms with van der Waals surface area (Å²) in [6, 6.07) is 12.7. The summed E-state index contributed by atoms with van der Waals surface area (Å²) in [4.78, 5) is 31.9. The predicted octanol–water partition coefficient (Wildman–Crippen LogP) is 2.99. The first-order chi connectivity index (χ1) is 13.0. The molecule has 0 saturated carbocycles. The van der Waals surface area contributed by atoms with E-state index < -0.39 is 11.5 Å². The van der Waals surface area contributed by atoms with E-state index in [1.165, 1.54) is 6.07 Å². The van der Waals surface area contributed by atoms with Crippen LogP contribution in [0.15, 0.2) is 53.5 Å². The van der Waals surface area contributed by atoms with Crippen molar-refractivity contribution in [1.29, 1.82) is 0 Å². The normalized spacial score (nSPS) is 10.5. The van der Waals surface area contributed by atoms with Gasteiger partial charge in [0.1, 0.15) is 11.3 Å². The molecule has 0 saturated heterocycles. The van der Waals surface area contributed by atoms with Gasteiger partial charge in [-0.2, -0.15) is 0 Å². The highest BCUT2D eigenvalue weighted by Gasteiger charge is 2.14. The second-order valence-electron chi connectivity index (χ2n) is 6.21. The Balaban J connectivity index is 1.77. The van der Waals surface area contributed by atoms with Crippen LogP contribution in [-0.2, 0) is 6.54 Å². The van der Waals surface area contributed by atoms with E-state index in [1.807, 2.05) is 44.2 Å². The number of hydrogen-bond donors (Lipinski definition) is 2. The minimum atomic E-state index is -0.448. The number of nitrogens with zero attached hydrogens (tertiary/aromatic N) is 1. The van der Waals surface area contributed by atoms with Gasteiger partial charge in [0.05, 0.1) is 19.3 Å². The van der Waals surface area contributed by atoms with E-state index >= 15 is 0 Å². The van der Waals surface area contributed by atoms with Crippen LogP contribution < -0.4 is 15.6 Å². The fraction of sp³-hybridized carbons (Fsp3) is 0.190. The number of benzene rings is 1. The molecule has 0 aliphatic carbocycles. The SMILES string of the molecule is COc1c(C)cnc(CNC(=O)c2ccc(-c3ccccc3)[nH]c2=O)c1C. The predicted molar refractivity (Wildman–Crippen MR) is 104 cm³/mol. The highest BCUT2D eigenvalue weighted by molar-refractivity contribution is 5.94. The first-order valence-corrected chi connectivity index (χ1v) is 8.57. The van der Waals surface area contributed by atoms with Gasteiger partial charge in [-0.3, -0.25) is 14.6 Å². The van der Waals surface area contributed by atoms with Crippen molar-refractivity contribution >= 4 is 5.91 Å². The van der Waals surface area contributed by atoms with Crippen LogP contribution in [0, 0.1) is 13.8 Å². The number of H-pyrrole nitrogens is 1. The molecule has 0 atom stereocenters. The van der Waals surface area contributed by atoms with E-state index in [-0.39, 0.29) is 12.1 Å². The summed E-state index contributed by atoms with van der Waals surface area (Å²) in [6.45, 7) is 4.01. The maximum atomic E-state index is 12.4. The number of rotatable bonds is 5. The summed E-state index contributed by atoms with van der Waals surface area (Å²) in [5, 5.41) is 2.75. The van der Waals surface area contributed by atoms with E-state index in [0.29, 0.717) is 11.4 Å². The summed E-state index contributed by atoms with van der Waals surface area (Å²) >= 11 is 0. The lowest BCUT2D eigenvalue weighted by Gasteiger charge is -2.12. The van der Waals surface area contributed by atoms with E-state index in [9.17, 15) is 9.59 Å². The third-order valence-corrected chi connectivity index (χ3v) is 4.41. The first-order valence-electron chi connectivity index (χ1n) is 8.57. The number of pyridine rings is 2. The van der Waals surface area contributed by atoms with Crippen LogP contribution in [0.5, 0.6) is 5.75 Å². The molecule has 0 radical (unpaired) electrons. The third kappa shape index (κ3) is 3.89. The number of aromatic amines is 1. The van der Waals surface area contributed by atoms with Crippen molar-refractivity contribution in [3.63, 3.8) is 0 Å². The molecule has 3 rings (SSSR count). The van der Waals surface area contributed by atoms with Crippen molar-refractivity contribution in [3.05, 3.63) is 81.4 Å². The molecule has 138 valence electrons. The molecule has 0 bridgehead atoms. The van der Waals surface area contributed by atoms with Gasteiger partial charge in [0, 0.05) is 23.0 Å². The molecule has 6 nitrogen and oxygen atoms in total. The number of methoxy groups -OCH3 is 1. The Bertz CT molecular complexity index is 1030. The molecular weight excluding hydrogens is 342 g/mol. The largest absolute Gasteiger partial charge is 0.496 e. The number of amides is 1. The van der Waals surface area contributed by atoms with Gasteiger partial charge in [0.2, 0.25) is 0 Å². The molecule has 3 aromatic rings. The highest BCUT2D eigenvalue weighted by Crippen LogP contribution is 2.23. The molecule has 0 aliphatic heterocycles. The fourth-order valence-electron chi connectivity index (χ4n) is 2.95. The van der Waals surface area contributed by atoms with Crippen molar-refractivity contribution < 1.29 is 9.53 Å². The second kappa shape index (κ2) is 7.86. The summed E-state index contributed by atoms with van der Waals surface area (Å²) < 4.78 is 5.37. The number of ether oxygens (including phenoxy) is 1. The summed E-state index contributed by atoms with van der Waals surface area (Å²) in [6.07, 6.45) is 1.70. The number of aryl methyl sites for hydroxylation is 1. The van der Waals surface area contributed by atoms with Crippen LogP contribution >= 0.6 is 0 Å². The molecule has 2 aromatic heterocycles. The van der Waals surface area contributed by atoms with Gasteiger partial charge in [-0.15, -0.1) is 0 Å². The van der Waals surface area contributed by atoms with Gasteiger partial charge in [-0.25, -0.2) is 0 Å². The van der Waals surface area contributed by atoms with Crippen LogP contribution in [0.2, 0.25) is 0 Å². The lowest BCUT2D eigenvalue weighted by atomic mass is 10.1. The minimum absolute atomic E-state index is 0.0615. The number of nitrogens with one attached hydrogen (secondary N) is 2. The monoisotopic (exact) mass is 363 g/mol. The number of carbonyl (C=O) groups excluding carboxylic acids is 1.